The van der Waals surface area contributed by atoms with Crippen molar-refractivity contribution in [3.63, 3.8) is 0 Å². The highest BCUT2D eigenvalue weighted by molar-refractivity contribution is 5.49. The molecular formula is C11H12NO. The van der Waals surface area contributed by atoms with Crippen LogP contribution in [-0.4, -0.2) is 7.11 Å². The minimum Gasteiger partial charge on any atom is -0.495 e. The molecule has 2 heteroatoms. The number of hydrogen-bond acceptors (Lipinski definition) is 2. The SMILES string of the molecule is [CH2]C(C)c1cccc(C#N)c1OC. The first-order chi connectivity index (χ1) is 6.20. The second-order valence-corrected chi connectivity index (χ2v) is 2.94. The zero-order chi connectivity index (χ0) is 9.84. The van der Waals surface area contributed by atoms with Gasteiger partial charge in [-0.1, -0.05) is 19.1 Å². The van der Waals surface area contributed by atoms with Gasteiger partial charge in [0.1, 0.15) is 11.8 Å². The van der Waals surface area contributed by atoms with Crippen LogP contribution in [0.15, 0.2) is 18.2 Å². The fourth-order valence-corrected chi connectivity index (χ4v) is 1.26. The van der Waals surface area contributed by atoms with Crippen LogP contribution in [0, 0.1) is 18.3 Å². The lowest BCUT2D eigenvalue weighted by atomic mass is 9.99. The van der Waals surface area contributed by atoms with E-state index >= 15 is 0 Å². The number of hydrogen-bond donors (Lipinski definition) is 0. The van der Waals surface area contributed by atoms with Gasteiger partial charge in [-0.2, -0.15) is 5.26 Å². The molecule has 0 saturated heterocycles. The van der Waals surface area contributed by atoms with E-state index in [2.05, 4.69) is 13.0 Å². The number of rotatable bonds is 2. The third-order valence-electron chi connectivity index (χ3n) is 1.90. The monoisotopic (exact) mass is 174 g/mol. The molecule has 13 heavy (non-hydrogen) atoms. The molecule has 1 aromatic rings. The lowest BCUT2D eigenvalue weighted by Crippen LogP contribution is -1.96. The molecule has 0 fully saturated rings. The summed E-state index contributed by atoms with van der Waals surface area (Å²) >= 11 is 0. The maximum Gasteiger partial charge on any atom is 0.140 e. The summed E-state index contributed by atoms with van der Waals surface area (Å²) in [5, 5.41) is 8.81. The molecule has 1 atom stereocenters. The number of ether oxygens (including phenoxy) is 1. The summed E-state index contributed by atoms with van der Waals surface area (Å²) < 4.78 is 5.17. The van der Waals surface area contributed by atoms with E-state index < -0.39 is 0 Å². The van der Waals surface area contributed by atoms with Crippen LogP contribution in [0.2, 0.25) is 0 Å². The summed E-state index contributed by atoms with van der Waals surface area (Å²) in [5.41, 5.74) is 1.54. The Hall–Kier alpha value is -1.49. The van der Waals surface area contributed by atoms with E-state index in [9.17, 15) is 0 Å². The highest BCUT2D eigenvalue weighted by Crippen LogP contribution is 2.28. The smallest absolute Gasteiger partial charge is 0.140 e. The average molecular weight is 174 g/mol. The van der Waals surface area contributed by atoms with Crippen molar-refractivity contribution >= 4 is 0 Å². The van der Waals surface area contributed by atoms with Crippen LogP contribution < -0.4 is 4.74 Å². The van der Waals surface area contributed by atoms with Gasteiger partial charge in [0.2, 0.25) is 0 Å². The molecular weight excluding hydrogens is 162 g/mol. The van der Waals surface area contributed by atoms with Gasteiger partial charge in [0.25, 0.3) is 0 Å². The Morgan fingerprint density at radius 2 is 2.23 bits per heavy atom. The minimum atomic E-state index is 0.128. The topological polar surface area (TPSA) is 33.0 Å². The molecule has 0 N–H and O–H groups in total. The van der Waals surface area contributed by atoms with Gasteiger partial charge in [-0.25, -0.2) is 0 Å². The molecule has 2 nitrogen and oxygen atoms in total. The average Bonchev–Trinajstić information content (AvgIpc) is 2.16. The summed E-state index contributed by atoms with van der Waals surface area (Å²) in [5.74, 6) is 0.774. The molecule has 1 rings (SSSR count). The Kier molecular flexibility index (Phi) is 2.92. The Balaban J connectivity index is 3.29. The zero-order valence-electron chi connectivity index (χ0n) is 7.87. The Labute approximate surface area is 78.8 Å². The maximum absolute atomic E-state index is 8.81. The third-order valence-corrected chi connectivity index (χ3v) is 1.90. The molecule has 0 aliphatic carbocycles. The first kappa shape index (κ1) is 9.60. The molecule has 0 aromatic heterocycles. The molecule has 1 unspecified atom stereocenters. The van der Waals surface area contributed by atoms with E-state index in [0.29, 0.717) is 11.3 Å². The molecule has 0 aliphatic rings. The van der Waals surface area contributed by atoms with E-state index in [1.807, 2.05) is 19.1 Å². The summed E-state index contributed by atoms with van der Waals surface area (Å²) in [6.45, 7) is 5.87. The normalized spacial score (nSPS) is 9.77. The fourth-order valence-electron chi connectivity index (χ4n) is 1.26. The van der Waals surface area contributed by atoms with Crippen LogP contribution in [0.3, 0.4) is 0 Å². The molecule has 0 aliphatic heterocycles. The number of nitriles is 1. The van der Waals surface area contributed by atoms with Gasteiger partial charge < -0.3 is 4.74 Å². The van der Waals surface area contributed by atoms with Crippen LogP contribution in [0.5, 0.6) is 5.75 Å². The van der Waals surface area contributed by atoms with Crippen LogP contribution in [0.4, 0.5) is 0 Å². The summed E-state index contributed by atoms with van der Waals surface area (Å²) in [6.07, 6.45) is 0. The first-order valence-electron chi connectivity index (χ1n) is 4.10. The van der Waals surface area contributed by atoms with E-state index in [1.54, 1.807) is 13.2 Å². The minimum absolute atomic E-state index is 0.128. The molecule has 0 spiro atoms. The predicted octanol–water partition coefficient (Wildman–Crippen LogP) is 2.50. The fraction of sp³-hybridized carbons (Fsp3) is 0.273. The third kappa shape index (κ3) is 1.81. The van der Waals surface area contributed by atoms with Gasteiger partial charge in [-0.05, 0) is 24.5 Å². The standard InChI is InChI=1S/C11H12NO/c1-8(2)10-6-4-5-9(7-12)11(10)13-3/h4-6,8H,1H2,2-3H3. The summed E-state index contributed by atoms with van der Waals surface area (Å²) in [7, 11) is 1.57. The van der Waals surface area contributed by atoms with Crippen LogP contribution in [-0.2, 0) is 0 Å². The van der Waals surface area contributed by atoms with Gasteiger partial charge in [0.05, 0.1) is 12.7 Å². The van der Waals surface area contributed by atoms with Gasteiger partial charge in [-0.3, -0.25) is 0 Å². The lowest BCUT2D eigenvalue weighted by molar-refractivity contribution is 0.407. The molecule has 0 bridgehead atoms. The highest BCUT2D eigenvalue weighted by Gasteiger charge is 2.10. The molecule has 1 aromatic carbocycles. The Morgan fingerprint density at radius 1 is 1.54 bits per heavy atom. The van der Waals surface area contributed by atoms with Crippen molar-refractivity contribution in [2.45, 2.75) is 12.8 Å². The Morgan fingerprint density at radius 3 is 2.69 bits per heavy atom. The first-order valence-corrected chi connectivity index (χ1v) is 4.10. The number of nitrogens with zero attached hydrogens (tertiary/aromatic N) is 1. The quantitative estimate of drug-likeness (QED) is 0.690. The van der Waals surface area contributed by atoms with Crippen molar-refractivity contribution in [1.82, 2.24) is 0 Å². The summed E-state index contributed by atoms with van der Waals surface area (Å²) in [4.78, 5) is 0. The molecule has 1 radical (unpaired) electrons. The maximum atomic E-state index is 8.81. The number of methoxy groups -OCH3 is 1. The van der Waals surface area contributed by atoms with Crippen molar-refractivity contribution < 1.29 is 4.74 Å². The summed E-state index contributed by atoms with van der Waals surface area (Å²) in [6, 6.07) is 7.60. The van der Waals surface area contributed by atoms with Crippen molar-refractivity contribution in [1.29, 1.82) is 5.26 Å². The predicted molar refractivity (Wildman–Crippen MR) is 51.5 cm³/mol. The van der Waals surface area contributed by atoms with Crippen LogP contribution in [0.25, 0.3) is 0 Å². The largest absolute Gasteiger partial charge is 0.495 e. The van der Waals surface area contributed by atoms with Gasteiger partial charge in [-0.15, -0.1) is 0 Å². The van der Waals surface area contributed by atoms with Crippen molar-refractivity contribution in [3.8, 4) is 11.8 Å². The second-order valence-electron chi connectivity index (χ2n) is 2.94. The number of para-hydroxylation sites is 1. The van der Waals surface area contributed by atoms with Crippen molar-refractivity contribution in [2.75, 3.05) is 7.11 Å². The number of benzene rings is 1. The van der Waals surface area contributed by atoms with E-state index in [4.69, 9.17) is 10.00 Å². The van der Waals surface area contributed by atoms with E-state index in [1.165, 1.54) is 0 Å². The highest BCUT2D eigenvalue weighted by atomic mass is 16.5. The molecule has 67 valence electrons. The lowest BCUT2D eigenvalue weighted by Gasteiger charge is -2.11. The molecule has 0 amide bonds. The van der Waals surface area contributed by atoms with Crippen molar-refractivity contribution in [3.05, 3.63) is 36.2 Å². The second kappa shape index (κ2) is 3.95. The Bertz CT molecular complexity index is 336. The zero-order valence-corrected chi connectivity index (χ0v) is 7.87. The molecule has 0 saturated carbocycles. The molecule has 0 heterocycles. The van der Waals surface area contributed by atoms with Crippen LogP contribution in [0.1, 0.15) is 24.0 Å². The van der Waals surface area contributed by atoms with Gasteiger partial charge in [0, 0.05) is 0 Å². The van der Waals surface area contributed by atoms with E-state index in [-0.39, 0.29) is 5.92 Å². The van der Waals surface area contributed by atoms with Gasteiger partial charge >= 0.3 is 0 Å². The van der Waals surface area contributed by atoms with Crippen LogP contribution >= 0.6 is 0 Å². The van der Waals surface area contributed by atoms with Crippen molar-refractivity contribution in [2.24, 2.45) is 0 Å². The van der Waals surface area contributed by atoms with E-state index in [0.717, 1.165) is 5.56 Å². The van der Waals surface area contributed by atoms with Gasteiger partial charge in [0.15, 0.2) is 0 Å².